The van der Waals surface area contributed by atoms with Crippen LogP contribution in [-0.4, -0.2) is 16.5 Å². The normalized spacial score (nSPS) is 41.7. The zero-order chi connectivity index (χ0) is 17.4. The van der Waals surface area contributed by atoms with Crippen LogP contribution in [0.5, 0.6) is 0 Å². The van der Waals surface area contributed by atoms with Crippen LogP contribution in [0.25, 0.3) is 0 Å². The minimum atomic E-state index is -0.893. The maximum Gasteiger partial charge on any atom is 0.178 e. The maximum atomic E-state index is 11.8. The van der Waals surface area contributed by atoms with Crippen molar-refractivity contribution in [1.29, 1.82) is 0 Å². The van der Waals surface area contributed by atoms with Crippen molar-refractivity contribution >= 4 is 5.78 Å². The molecule has 0 bridgehead atoms. The maximum absolute atomic E-state index is 11.8. The first kappa shape index (κ1) is 17.5. The molecule has 3 aliphatic rings. The minimum Gasteiger partial charge on any atom is -0.378 e. The van der Waals surface area contributed by atoms with Crippen molar-refractivity contribution in [3.05, 3.63) is 23.8 Å². The first-order valence-corrected chi connectivity index (χ1v) is 9.56. The zero-order valence-corrected chi connectivity index (χ0v) is 15.1. The number of terminal acetylenes is 1. The van der Waals surface area contributed by atoms with Crippen molar-refractivity contribution in [3.63, 3.8) is 0 Å². The molecular formula is C22H30O2. The monoisotopic (exact) mass is 326 g/mol. The van der Waals surface area contributed by atoms with Crippen LogP contribution in [0.3, 0.4) is 0 Å². The first-order valence-electron chi connectivity index (χ1n) is 9.56. The second-order valence-electron chi connectivity index (χ2n) is 8.32. The summed E-state index contributed by atoms with van der Waals surface area (Å²) in [5.41, 5.74) is 0.427. The Labute approximate surface area is 146 Å². The van der Waals surface area contributed by atoms with Gasteiger partial charge in [-0.05, 0) is 68.4 Å². The molecule has 130 valence electrons. The van der Waals surface area contributed by atoms with Crippen LogP contribution in [0.15, 0.2) is 23.8 Å². The van der Waals surface area contributed by atoms with Crippen LogP contribution in [0.4, 0.5) is 0 Å². The number of aliphatic hydroxyl groups is 1. The van der Waals surface area contributed by atoms with E-state index in [1.165, 1.54) is 24.8 Å². The summed E-state index contributed by atoms with van der Waals surface area (Å²) in [5, 5.41) is 10.5. The third-order valence-corrected chi connectivity index (χ3v) is 6.91. The minimum absolute atomic E-state index is 0.00282. The molecule has 2 nitrogen and oxygen atoms in total. The highest BCUT2D eigenvalue weighted by molar-refractivity contribution is 6.01. The number of hydrogen-bond donors (Lipinski definition) is 1. The van der Waals surface area contributed by atoms with Gasteiger partial charge in [-0.2, -0.15) is 0 Å². The number of allylic oxidation sites excluding steroid dienone is 4. The average Bonchev–Trinajstić information content (AvgIpc) is 2.96. The third kappa shape index (κ3) is 3.00. The van der Waals surface area contributed by atoms with E-state index in [0.717, 1.165) is 32.1 Å². The number of carbonyl (C=O) groups excluding carboxylic acids is 1. The van der Waals surface area contributed by atoms with Crippen LogP contribution in [-0.2, 0) is 4.79 Å². The lowest BCUT2D eigenvalue weighted by atomic mass is 9.54. The largest absolute Gasteiger partial charge is 0.378 e. The summed E-state index contributed by atoms with van der Waals surface area (Å²) >= 11 is 0. The summed E-state index contributed by atoms with van der Waals surface area (Å²) in [6, 6.07) is 0. The highest BCUT2D eigenvalue weighted by atomic mass is 16.3. The topological polar surface area (TPSA) is 37.3 Å². The van der Waals surface area contributed by atoms with E-state index >= 15 is 0 Å². The first-order chi connectivity index (χ1) is 11.4. The number of ketones is 1. The van der Waals surface area contributed by atoms with Crippen molar-refractivity contribution in [2.75, 3.05) is 0 Å². The number of unbranched alkanes of at least 4 members (excludes halogenated alkanes) is 1. The molecule has 0 saturated heterocycles. The molecule has 0 radical (unpaired) electrons. The summed E-state index contributed by atoms with van der Waals surface area (Å²) in [7, 11) is 0. The number of carbonyl (C=O) groups is 1. The van der Waals surface area contributed by atoms with E-state index in [2.05, 4.69) is 25.8 Å². The van der Waals surface area contributed by atoms with Crippen molar-refractivity contribution in [1.82, 2.24) is 0 Å². The second kappa shape index (κ2) is 6.52. The Morgan fingerprint density at radius 2 is 2.21 bits per heavy atom. The zero-order valence-electron chi connectivity index (χ0n) is 15.1. The van der Waals surface area contributed by atoms with E-state index in [-0.39, 0.29) is 11.2 Å². The van der Waals surface area contributed by atoms with Crippen LogP contribution < -0.4 is 0 Å². The Balaban J connectivity index is 1.87. The Bertz CT molecular complexity index is 608. The van der Waals surface area contributed by atoms with Gasteiger partial charge in [-0.15, -0.1) is 6.42 Å². The molecule has 0 amide bonds. The highest BCUT2D eigenvalue weighted by Gasteiger charge is 2.49. The van der Waals surface area contributed by atoms with E-state index in [1.807, 2.05) is 6.08 Å². The average molecular weight is 326 g/mol. The summed E-state index contributed by atoms with van der Waals surface area (Å²) in [4.78, 5) is 11.8. The molecule has 2 saturated carbocycles. The fourth-order valence-corrected chi connectivity index (χ4v) is 5.47. The summed E-state index contributed by atoms with van der Waals surface area (Å²) < 4.78 is 0. The molecule has 24 heavy (non-hydrogen) atoms. The molecule has 0 aromatic heterocycles. The summed E-state index contributed by atoms with van der Waals surface area (Å²) in [6.45, 7) is 4.56. The SMILES string of the molecule is C#C[C@]1(O)CCC(C2CCC3=CC(=O)C=CC3(C)C2CCCC)C1. The molecule has 3 rings (SSSR count). The predicted octanol–water partition coefficient (Wildman–Crippen LogP) is 4.44. The molecule has 0 heterocycles. The van der Waals surface area contributed by atoms with Gasteiger partial charge in [0.15, 0.2) is 5.78 Å². The van der Waals surface area contributed by atoms with Crippen LogP contribution in [0.2, 0.25) is 0 Å². The number of hydrogen-bond acceptors (Lipinski definition) is 2. The smallest absolute Gasteiger partial charge is 0.178 e. The van der Waals surface area contributed by atoms with Gasteiger partial charge in [0, 0.05) is 5.41 Å². The lowest BCUT2D eigenvalue weighted by Crippen LogP contribution is -2.42. The fourth-order valence-electron chi connectivity index (χ4n) is 5.47. The predicted molar refractivity (Wildman–Crippen MR) is 97.2 cm³/mol. The molecule has 4 unspecified atom stereocenters. The molecular weight excluding hydrogens is 296 g/mol. The van der Waals surface area contributed by atoms with Gasteiger partial charge < -0.3 is 5.11 Å². The standard InChI is InChI=1S/C22H30O2/c1-4-6-7-20-19(16-10-13-22(24,5-2)15-16)9-8-17-14-18(23)11-12-21(17,20)3/h2,11-12,14,16,19-20,24H,4,6-10,13,15H2,1,3H3/t16?,19?,20?,21?,22-/m0/s1. The van der Waals surface area contributed by atoms with Crippen LogP contribution >= 0.6 is 0 Å². The van der Waals surface area contributed by atoms with Crippen molar-refractivity contribution in [2.45, 2.75) is 70.8 Å². The van der Waals surface area contributed by atoms with E-state index in [4.69, 9.17) is 6.42 Å². The molecule has 2 fully saturated rings. The van der Waals surface area contributed by atoms with E-state index in [0.29, 0.717) is 17.8 Å². The Morgan fingerprint density at radius 1 is 1.42 bits per heavy atom. The summed E-state index contributed by atoms with van der Waals surface area (Å²) in [6.07, 6.45) is 19.6. The van der Waals surface area contributed by atoms with Gasteiger partial charge in [0.05, 0.1) is 0 Å². The van der Waals surface area contributed by atoms with E-state index in [9.17, 15) is 9.90 Å². The van der Waals surface area contributed by atoms with Gasteiger partial charge in [-0.3, -0.25) is 4.79 Å². The Kier molecular flexibility index (Phi) is 4.76. The van der Waals surface area contributed by atoms with Gasteiger partial charge in [-0.25, -0.2) is 0 Å². The molecule has 3 aliphatic carbocycles. The fraction of sp³-hybridized carbons (Fsp3) is 0.682. The molecule has 0 spiro atoms. The third-order valence-electron chi connectivity index (χ3n) is 6.91. The molecule has 5 atom stereocenters. The number of rotatable bonds is 4. The van der Waals surface area contributed by atoms with Gasteiger partial charge in [0.2, 0.25) is 0 Å². The quantitative estimate of drug-likeness (QED) is 0.776. The Hall–Kier alpha value is -1.33. The number of fused-ring (bicyclic) bond motifs is 1. The molecule has 1 N–H and O–H groups in total. The molecule has 2 heteroatoms. The molecule has 0 aromatic rings. The second-order valence-corrected chi connectivity index (χ2v) is 8.32. The lowest BCUT2D eigenvalue weighted by Gasteiger charge is -2.49. The molecule has 0 aliphatic heterocycles. The van der Waals surface area contributed by atoms with E-state index < -0.39 is 5.60 Å². The van der Waals surface area contributed by atoms with Crippen molar-refractivity contribution < 1.29 is 9.90 Å². The van der Waals surface area contributed by atoms with Gasteiger partial charge in [-0.1, -0.05) is 44.3 Å². The lowest BCUT2D eigenvalue weighted by molar-refractivity contribution is -0.110. The molecule has 0 aromatic carbocycles. The van der Waals surface area contributed by atoms with Gasteiger partial charge >= 0.3 is 0 Å². The van der Waals surface area contributed by atoms with Crippen molar-refractivity contribution in [2.24, 2.45) is 23.2 Å². The van der Waals surface area contributed by atoms with Crippen LogP contribution in [0.1, 0.15) is 65.2 Å². The van der Waals surface area contributed by atoms with Gasteiger partial charge in [0.25, 0.3) is 0 Å². The van der Waals surface area contributed by atoms with E-state index in [1.54, 1.807) is 6.08 Å². The highest BCUT2D eigenvalue weighted by Crippen LogP contribution is 2.56. The van der Waals surface area contributed by atoms with Crippen molar-refractivity contribution in [3.8, 4) is 12.3 Å². The summed E-state index contributed by atoms with van der Waals surface area (Å²) in [5.74, 6) is 4.42. The van der Waals surface area contributed by atoms with Crippen LogP contribution in [0, 0.1) is 35.5 Å². The Morgan fingerprint density at radius 3 is 2.88 bits per heavy atom. The van der Waals surface area contributed by atoms with Gasteiger partial charge in [0.1, 0.15) is 5.60 Å².